The topological polar surface area (TPSA) is 99.2 Å². The average molecular weight is 544 g/mol. The zero-order valence-electron chi connectivity index (χ0n) is 20.7. The molecule has 0 saturated heterocycles. The molecule has 11 heteroatoms. The molecule has 2 amide bonds. The molecular formula is C25H31ClFNO7S. The number of carbonyl (C=O) groups excluding carboxylic acids is 4. The Kier molecular flexibility index (Phi) is 12.4. The molecule has 0 N–H and O–H groups in total. The van der Waals surface area contributed by atoms with E-state index in [1.54, 1.807) is 0 Å². The molecule has 0 aliphatic heterocycles. The molecule has 1 aromatic rings. The summed E-state index contributed by atoms with van der Waals surface area (Å²) in [6.07, 6.45) is 3.49. The second-order valence-corrected chi connectivity index (χ2v) is 9.47. The number of hydrogen-bond donors (Lipinski definition) is 0. The van der Waals surface area contributed by atoms with Crippen molar-refractivity contribution in [1.29, 1.82) is 0 Å². The van der Waals surface area contributed by atoms with Crippen LogP contribution in [-0.4, -0.2) is 56.4 Å². The highest BCUT2D eigenvalue weighted by molar-refractivity contribution is 8.00. The van der Waals surface area contributed by atoms with Crippen molar-refractivity contribution in [3.05, 3.63) is 34.1 Å². The normalized spacial score (nSPS) is 13.4. The summed E-state index contributed by atoms with van der Waals surface area (Å²) in [7, 11) is 1.47. The highest BCUT2D eigenvalue weighted by Crippen LogP contribution is 2.36. The lowest BCUT2D eigenvalue weighted by Gasteiger charge is -2.25. The van der Waals surface area contributed by atoms with E-state index in [2.05, 4.69) is 0 Å². The van der Waals surface area contributed by atoms with Gasteiger partial charge in [-0.05, 0) is 44.2 Å². The first-order chi connectivity index (χ1) is 17.2. The average Bonchev–Trinajstić information content (AvgIpc) is 2.84. The van der Waals surface area contributed by atoms with Crippen molar-refractivity contribution in [1.82, 2.24) is 0 Å². The fourth-order valence-electron chi connectivity index (χ4n) is 3.54. The van der Waals surface area contributed by atoms with Gasteiger partial charge >= 0.3 is 11.9 Å². The molecule has 198 valence electrons. The first-order valence-corrected chi connectivity index (χ1v) is 13.1. The van der Waals surface area contributed by atoms with Gasteiger partial charge in [-0.3, -0.25) is 14.4 Å². The van der Waals surface area contributed by atoms with E-state index < -0.39 is 29.6 Å². The standard InChI is InChI=1S/C25H31ClFNO7S/c1-4-5-10-34-23(30)15-36-22-14-21(20(27)13-19(22)26)28(16(2)29)24(31)17-8-6-7-9-18(17)25(32)35-12-11-33-3/h13-14H,4-12,15H2,1-3H3. The number of halogens is 2. The van der Waals surface area contributed by atoms with Crippen molar-refractivity contribution in [2.45, 2.75) is 57.3 Å². The van der Waals surface area contributed by atoms with Crippen LogP contribution in [0.4, 0.5) is 10.1 Å². The summed E-state index contributed by atoms with van der Waals surface area (Å²) >= 11 is 7.18. The summed E-state index contributed by atoms with van der Waals surface area (Å²) < 4.78 is 30.2. The van der Waals surface area contributed by atoms with Crippen molar-refractivity contribution < 1.29 is 37.8 Å². The summed E-state index contributed by atoms with van der Waals surface area (Å²) in [6, 6.07) is 2.24. The molecule has 0 radical (unpaired) electrons. The fourth-order valence-corrected chi connectivity index (χ4v) is 4.60. The summed E-state index contributed by atoms with van der Waals surface area (Å²) in [4.78, 5) is 51.6. The molecule has 0 spiro atoms. The number of amides is 2. The molecule has 36 heavy (non-hydrogen) atoms. The molecule has 0 aromatic heterocycles. The van der Waals surface area contributed by atoms with Crippen LogP contribution in [0, 0.1) is 5.82 Å². The Labute approximate surface area is 219 Å². The van der Waals surface area contributed by atoms with E-state index in [4.69, 9.17) is 25.8 Å². The van der Waals surface area contributed by atoms with Gasteiger partial charge in [0.15, 0.2) is 0 Å². The number of ether oxygens (including phenoxy) is 3. The third-order valence-electron chi connectivity index (χ3n) is 5.36. The number of benzene rings is 1. The van der Waals surface area contributed by atoms with E-state index in [1.165, 1.54) is 13.2 Å². The van der Waals surface area contributed by atoms with E-state index in [-0.39, 0.29) is 47.2 Å². The van der Waals surface area contributed by atoms with Crippen molar-refractivity contribution >= 4 is 52.8 Å². The molecule has 0 fully saturated rings. The van der Waals surface area contributed by atoms with Crippen LogP contribution in [-0.2, 0) is 33.4 Å². The Morgan fingerprint density at radius 1 is 1.06 bits per heavy atom. The number of imide groups is 1. The minimum Gasteiger partial charge on any atom is -0.465 e. The van der Waals surface area contributed by atoms with Crippen LogP contribution < -0.4 is 4.90 Å². The Bertz CT molecular complexity index is 1010. The van der Waals surface area contributed by atoms with Crippen molar-refractivity contribution in [2.24, 2.45) is 0 Å². The first kappa shape index (κ1) is 29.8. The molecule has 0 unspecified atom stereocenters. The number of methoxy groups -OCH3 is 1. The highest BCUT2D eigenvalue weighted by Gasteiger charge is 2.32. The zero-order chi connectivity index (χ0) is 26.7. The second kappa shape index (κ2) is 15.0. The fraction of sp³-hybridized carbons (Fsp3) is 0.520. The predicted molar refractivity (Wildman–Crippen MR) is 134 cm³/mol. The summed E-state index contributed by atoms with van der Waals surface area (Å²) in [6.45, 7) is 3.62. The van der Waals surface area contributed by atoms with Crippen molar-refractivity contribution in [3.63, 3.8) is 0 Å². The Morgan fingerprint density at radius 2 is 1.75 bits per heavy atom. The van der Waals surface area contributed by atoms with Gasteiger partial charge in [0.2, 0.25) is 5.91 Å². The van der Waals surface area contributed by atoms with Crippen LogP contribution in [0.2, 0.25) is 5.02 Å². The molecule has 0 saturated carbocycles. The molecule has 2 rings (SSSR count). The van der Waals surface area contributed by atoms with Crippen LogP contribution in [0.1, 0.15) is 52.4 Å². The number of carbonyl (C=O) groups is 4. The smallest absolute Gasteiger partial charge is 0.334 e. The Hall–Kier alpha value is -2.43. The van der Waals surface area contributed by atoms with E-state index in [0.29, 0.717) is 35.7 Å². The third kappa shape index (κ3) is 8.31. The van der Waals surface area contributed by atoms with Gasteiger partial charge in [-0.1, -0.05) is 24.9 Å². The lowest BCUT2D eigenvalue weighted by atomic mass is 9.90. The molecule has 8 nitrogen and oxygen atoms in total. The van der Waals surface area contributed by atoms with Gasteiger partial charge < -0.3 is 14.2 Å². The highest BCUT2D eigenvalue weighted by atomic mass is 35.5. The molecule has 1 aromatic carbocycles. The Morgan fingerprint density at radius 3 is 2.39 bits per heavy atom. The third-order valence-corrected chi connectivity index (χ3v) is 6.81. The van der Waals surface area contributed by atoms with Crippen molar-refractivity contribution in [3.8, 4) is 0 Å². The molecule has 1 aliphatic rings. The monoisotopic (exact) mass is 543 g/mol. The molecular weight excluding hydrogens is 513 g/mol. The number of anilines is 1. The molecule has 0 atom stereocenters. The van der Waals surface area contributed by atoms with Crippen LogP contribution in [0.5, 0.6) is 0 Å². The van der Waals surface area contributed by atoms with Gasteiger partial charge in [-0.15, -0.1) is 11.8 Å². The molecule has 1 aliphatic carbocycles. The van der Waals surface area contributed by atoms with Gasteiger partial charge in [0.1, 0.15) is 12.4 Å². The molecule has 0 bridgehead atoms. The molecule has 0 heterocycles. The largest absolute Gasteiger partial charge is 0.465 e. The quantitative estimate of drug-likeness (QED) is 0.209. The SMILES string of the molecule is CCCCOC(=O)CSc1cc(N(C(C)=O)C(=O)C2=C(C(=O)OCCOC)CCCC2)c(F)cc1Cl. The van der Waals surface area contributed by atoms with E-state index in [9.17, 15) is 23.6 Å². The van der Waals surface area contributed by atoms with Crippen LogP contribution >= 0.6 is 23.4 Å². The maximum absolute atomic E-state index is 15.0. The van der Waals surface area contributed by atoms with Gasteiger partial charge in [-0.25, -0.2) is 14.1 Å². The number of nitrogens with zero attached hydrogens (tertiary/aromatic N) is 1. The minimum atomic E-state index is -0.890. The number of unbranched alkanes of at least 4 members (excludes halogenated alkanes) is 1. The summed E-state index contributed by atoms with van der Waals surface area (Å²) in [5, 5.41) is 0.0258. The van der Waals surface area contributed by atoms with E-state index >= 15 is 0 Å². The van der Waals surface area contributed by atoms with Crippen LogP contribution in [0.25, 0.3) is 0 Å². The number of thioether (sulfide) groups is 1. The van der Waals surface area contributed by atoms with E-state index in [1.807, 2.05) is 6.92 Å². The maximum atomic E-state index is 15.0. The van der Waals surface area contributed by atoms with Gasteiger partial charge in [0.05, 0.1) is 29.7 Å². The summed E-state index contributed by atoms with van der Waals surface area (Å²) in [5.41, 5.74) is -0.0294. The van der Waals surface area contributed by atoms with Gasteiger partial charge in [0.25, 0.3) is 5.91 Å². The summed E-state index contributed by atoms with van der Waals surface area (Å²) in [5.74, 6) is -3.62. The number of rotatable bonds is 12. The van der Waals surface area contributed by atoms with Crippen LogP contribution in [0.15, 0.2) is 28.2 Å². The minimum absolute atomic E-state index is 0.0179. The van der Waals surface area contributed by atoms with Crippen molar-refractivity contribution in [2.75, 3.05) is 37.6 Å². The zero-order valence-corrected chi connectivity index (χ0v) is 22.3. The van der Waals surface area contributed by atoms with Crippen LogP contribution in [0.3, 0.4) is 0 Å². The lowest BCUT2D eigenvalue weighted by molar-refractivity contribution is -0.141. The van der Waals surface area contributed by atoms with Gasteiger partial charge in [0, 0.05) is 30.1 Å². The number of esters is 2. The second-order valence-electron chi connectivity index (χ2n) is 8.05. The number of hydrogen-bond acceptors (Lipinski definition) is 8. The maximum Gasteiger partial charge on any atom is 0.334 e. The Balaban J connectivity index is 2.34. The van der Waals surface area contributed by atoms with E-state index in [0.717, 1.165) is 37.6 Å². The predicted octanol–water partition coefficient (Wildman–Crippen LogP) is 4.85. The van der Waals surface area contributed by atoms with Gasteiger partial charge in [-0.2, -0.15) is 0 Å². The lowest BCUT2D eigenvalue weighted by Crippen LogP contribution is -2.38. The first-order valence-electron chi connectivity index (χ1n) is 11.7.